The van der Waals surface area contributed by atoms with Crippen molar-refractivity contribution in [2.45, 2.75) is 24.3 Å². The van der Waals surface area contributed by atoms with E-state index in [1.807, 2.05) is 12.1 Å². The zero-order valence-corrected chi connectivity index (χ0v) is 15.7. The summed E-state index contributed by atoms with van der Waals surface area (Å²) in [6.45, 7) is 3.34. The summed E-state index contributed by atoms with van der Waals surface area (Å²) >= 11 is 0. The van der Waals surface area contributed by atoms with Crippen molar-refractivity contribution in [3.63, 3.8) is 0 Å². The molecule has 0 fully saturated rings. The number of benzene rings is 2. The molecule has 0 bridgehead atoms. The first-order valence-electron chi connectivity index (χ1n) is 8.20. The number of sulfonamides is 1. The third-order valence-electron chi connectivity index (χ3n) is 4.19. The number of para-hydroxylation sites is 2. The van der Waals surface area contributed by atoms with Crippen LogP contribution in [0.4, 0.5) is 17.1 Å². The largest absolute Gasteiger partial charge is 0.370 e. The number of carbonyl (C=O) groups is 2. The predicted octanol–water partition coefficient (Wildman–Crippen LogP) is 1.51. The van der Waals surface area contributed by atoms with Gasteiger partial charge >= 0.3 is 0 Å². The molecule has 2 aromatic carbocycles. The summed E-state index contributed by atoms with van der Waals surface area (Å²) in [6.07, 6.45) is 0. The van der Waals surface area contributed by atoms with Gasteiger partial charge in [0, 0.05) is 5.69 Å². The Morgan fingerprint density at radius 1 is 1.15 bits per heavy atom. The van der Waals surface area contributed by atoms with E-state index >= 15 is 0 Å². The van der Waals surface area contributed by atoms with Crippen LogP contribution in [0.2, 0.25) is 0 Å². The highest BCUT2D eigenvalue weighted by atomic mass is 32.2. The molecule has 0 unspecified atom stereocenters. The Balaban J connectivity index is 1.78. The molecular weight excluding hydrogens is 368 g/mol. The molecule has 3 rings (SSSR count). The van der Waals surface area contributed by atoms with Gasteiger partial charge in [-0.05, 0) is 50.2 Å². The number of anilines is 3. The average molecular weight is 388 g/mol. The maximum Gasteiger partial charge on any atom is 0.252 e. The topological polar surface area (TPSA) is 122 Å². The van der Waals surface area contributed by atoms with Crippen molar-refractivity contribution >= 4 is 38.9 Å². The van der Waals surface area contributed by atoms with E-state index in [4.69, 9.17) is 5.14 Å². The van der Waals surface area contributed by atoms with Crippen molar-refractivity contribution in [2.75, 3.05) is 22.1 Å². The van der Waals surface area contributed by atoms with Gasteiger partial charge in [-0.2, -0.15) is 0 Å². The first-order valence-corrected chi connectivity index (χ1v) is 9.74. The number of primary sulfonamides is 1. The predicted molar refractivity (Wildman–Crippen MR) is 103 cm³/mol. The molecule has 0 radical (unpaired) electrons. The molecule has 8 nitrogen and oxygen atoms in total. The average Bonchev–Trinajstić information content (AvgIpc) is 2.58. The van der Waals surface area contributed by atoms with Crippen molar-refractivity contribution in [2.24, 2.45) is 5.14 Å². The first kappa shape index (κ1) is 18.9. The molecule has 9 heteroatoms. The van der Waals surface area contributed by atoms with E-state index in [0.717, 1.165) is 5.69 Å². The quantitative estimate of drug-likeness (QED) is 0.733. The lowest BCUT2D eigenvalue weighted by atomic mass is 9.98. The smallest absolute Gasteiger partial charge is 0.252 e. The lowest BCUT2D eigenvalue weighted by molar-refractivity contribution is -0.124. The van der Waals surface area contributed by atoms with Gasteiger partial charge in [0.1, 0.15) is 12.1 Å². The van der Waals surface area contributed by atoms with Crippen molar-refractivity contribution in [1.82, 2.24) is 0 Å². The van der Waals surface area contributed by atoms with Gasteiger partial charge in [-0.1, -0.05) is 12.1 Å². The van der Waals surface area contributed by atoms with Gasteiger partial charge < -0.3 is 10.6 Å². The van der Waals surface area contributed by atoms with E-state index < -0.39 is 21.5 Å². The van der Waals surface area contributed by atoms with Crippen LogP contribution in [0.25, 0.3) is 0 Å². The van der Waals surface area contributed by atoms with Crippen LogP contribution in [-0.4, -0.2) is 32.3 Å². The standard InChI is InChI=1S/C18H20N4O4S/c1-18(2)17(24)22(15-6-4-3-5-14(15)21-18)11-16(23)20-12-7-9-13(10-8-12)27(19,25)26/h3-10,21H,11H2,1-2H3,(H,20,23)(H2,19,25,26). The Bertz CT molecular complexity index is 1000. The lowest BCUT2D eigenvalue weighted by Gasteiger charge is -2.39. The number of hydrogen-bond donors (Lipinski definition) is 3. The maximum atomic E-state index is 12.8. The molecule has 0 spiro atoms. The van der Waals surface area contributed by atoms with E-state index in [9.17, 15) is 18.0 Å². The number of carbonyl (C=O) groups excluding carboxylic acids is 2. The highest BCUT2D eigenvalue weighted by Gasteiger charge is 2.39. The fraction of sp³-hybridized carbons (Fsp3) is 0.222. The summed E-state index contributed by atoms with van der Waals surface area (Å²) in [6, 6.07) is 12.7. The number of nitrogens with zero attached hydrogens (tertiary/aromatic N) is 1. The molecule has 2 aromatic rings. The lowest BCUT2D eigenvalue weighted by Crippen LogP contribution is -2.55. The fourth-order valence-electron chi connectivity index (χ4n) is 2.88. The van der Waals surface area contributed by atoms with Gasteiger partial charge in [-0.25, -0.2) is 13.6 Å². The van der Waals surface area contributed by atoms with Crippen molar-refractivity contribution in [1.29, 1.82) is 0 Å². The third-order valence-corrected chi connectivity index (χ3v) is 5.12. The van der Waals surface area contributed by atoms with Crippen molar-refractivity contribution in [3.05, 3.63) is 48.5 Å². The third kappa shape index (κ3) is 3.93. The molecule has 27 heavy (non-hydrogen) atoms. The molecule has 1 aliphatic rings. The van der Waals surface area contributed by atoms with E-state index in [1.165, 1.54) is 29.2 Å². The van der Waals surface area contributed by atoms with Gasteiger partial charge in [-0.3, -0.25) is 14.5 Å². The molecule has 2 amide bonds. The number of nitrogens with two attached hydrogens (primary N) is 1. The van der Waals surface area contributed by atoms with Gasteiger partial charge in [0.25, 0.3) is 5.91 Å². The summed E-state index contributed by atoms with van der Waals surface area (Å²) in [4.78, 5) is 26.6. The van der Waals surface area contributed by atoms with Crippen LogP contribution in [0.1, 0.15) is 13.8 Å². The number of hydrogen-bond acceptors (Lipinski definition) is 5. The highest BCUT2D eigenvalue weighted by molar-refractivity contribution is 7.89. The van der Waals surface area contributed by atoms with Crippen LogP contribution in [0, 0.1) is 0 Å². The minimum atomic E-state index is -3.80. The number of fused-ring (bicyclic) bond motifs is 1. The minimum absolute atomic E-state index is 0.0477. The molecule has 0 saturated heterocycles. The van der Waals surface area contributed by atoms with Crippen LogP contribution in [0.3, 0.4) is 0 Å². The normalized spacial score (nSPS) is 15.7. The van der Waals surface area contributed by atoms with Gasteiger partial charge in [0.2, 0.25) is 15.9 Å². The Kier molecular flexibility index (Phi) is 4.66. The van der Waals surface area contributed by atoms with Crippen LogP contribution in [0.15, 0.2) is 53.4 Å². The minimum Gasteiger partial charge on any atom is -0.370 e. The summed E-state index contributed by atoms with van der Waals surface area (Å²) < 4.78 is 22.6. The Morgan fingerprint density at radius 3 is 2.41 bits per heavy atom. The van der Waals surface area contributed by atoms with Crippen LogP contribution < -0.4 is 20.7 Å². The molecular formula is C18H20N4O4S. The second-order valence-corrected chi connectivity index (χ2v) is 8.34. The Labute approximate surface area is 157 Å². The zero-order chi connectivity index (χ0) is 19.8. The molecule has 142 valence electrons. The fourth-order valence-corrected chi connectivity index (χ4v) is 3.40. The van der Waals surface area contributed by atoms with E-state index in [-0.39, 0.29) is 17.3 Å². The van der Waals surface area contributed by atoms with Gasteiger partial charge in [-0.15, -0.1) is 0 Å². The number of rotatable bonds is 4. The van der Waals surface area contributed by atoms with Crippen LogP contribution in [0.5, 0.6) is 0 Å². The molecule has 0 saturated carbocycles. The summed E-state index contributed by atoms with van der Waals surface area (Å²) in [5.41, 5.74) is 0.961. The van der Waals surface area contributed by atoms with Crippen LogP contribution >= 0.6 is 0 Å². The van der Waals surface area contributed by atoms with Crippen molar-refractivity contribution in [3.8, 4) is 0 Å². The summed E-state index contributed by atoms with van der Waals surface area (Å²) in [5, 5.41) is 10.9. The Morgan fingerprint density at radius 2 is 1.78 bits per heavy atom. The van der Waals surface area contributed by atoms with Crippen LogP contribution in [-0.2, 0) is 19.6 Å². The van der Waals surface area contributed by atoms with Crippen molar-refractivity contribution < 1.29 is 18.0 Å². The molecule has 0 aromatic heterocycles. The second kappa shape index (κ2) is 6.67. The summed E-state index contributed by atoms with van der Waals surface area (Å²) in [5.74, 6) is -0.625. The number of nitrogens with one attached hydrogen (secondary N) is 2. The molecule has 0 aliphatic carbocycles. The molecule has 4 N–H and O–H groups in total. The Hall–Kier alpha value is -2.91. The van der Waals surface area contributed by atoms with E-state index in [0.29, 0.717) is 11.4 Å². The molecule has 0 atom stereocenters. The second-order valence-electron chi connectivity index (χ2n) is 6.78. The molecule has 1 aliphatic heterocycles. The SMILES string of the molecule is CC1(C)Nc2ccccc2N(CC(=O)Nc2ccc(S(N)(=O)=O)cc2)C1=O. The zero-order valence-electron chi connectivity index (χ0n) is 14.9. The van der Waals surface area contributed by atoms with Gasteiger partial charge in [0.15, 0.2) is 0 Å². The monoisotopic (exact) mass is 388 g/mol. The van der Waals surface area contributed by atoms with E-state index in [2.05, 4.69) is 10.6 Å². The number of amides is 2. The molecule has 1 heterocycles. The highest BCUT2D eigenvalue weighted by Crippen LogP contribution is 2.34. The van der Waals surface area contributed by atoms with E-state index in [1.54, 1.807) is 26.0 Å². The maximum absolute atomic E-state index is 12.8. The van der Waals surface area contributed by atoms with Gasteiger partial charge in [0.05, 0.1) is 16.3 Å². The summed E-state index contributed by atoms with van der Waals surface area (Å²) in [7, 11) is -3.80. The first-order chi connectivity index (χ1) is 12.6.